The molecule has 0 radical (unpaired) electrons. The lowest BCUT2D eigenvalue weighted by Gasteiger charge is -2.40. The Balaban J connectivity index is 1.76. The van der Waals surface area contributed by atoms with Gasteiger partial charge < -0.3 is 19.7 Å². The quantitative estimate of drug-likeness (QED) is 0.793. The van der Waals surface area contributed by atoms with Crippen LogP contribution in [0.4, 0.5) is 4.79 Å². The van der Waals surface area contributed by atoms with Crippen LogP contribution in [0, 0.1) is 11.8 Å². The van der Waals surface area contributed by atoms with E-state index in [0.717, 1.165) is 38.5 Å². The van der Waals surface area contributed by atoms with Crippen molar-refractivity contribution in [3.05, 3.63) is 0 Å². The fourth-order valence-electron chi connectivity index (χ4n) is 5.27. The molecule has 3 rings (SSSR count). The third-order valence-corrected chi connectivity index (χ3v) is 6.39. The zero-order valence-corrected chi connectivity index (χ0v) is 17.3. The van der Waals surface area contributed by atoms with Gasteiger partial charge in [0.2, 0.25) is 5.91 Å². The monoisotopic (exact) mass is 380 g/mol. The lowest BCUT2D eigenvalue weighted by Crippen LogP contribution is -2.58. The summed E-state index contributed by atoms with van der Waals surface area (Å²) in [6.07, 6.45) is 8.27. The minimum absolute atomic E-state index is 0.0713. The average Bonchev–Trinajstić information content (AvgIpc) is 3.20. The number of hydrogen-bond acceptors (Lipinski definition) is 4. The molecule has 154 valence electrons. The fraction of sp³-hybridized carbons (Fsp3) is 0.905. The molecule has 1 N–H and O–H groups in total. The van der Waals surface area contributed by atoms with Crippen molar-refractivity contribution in [3.8, 4) is 0 Å². The standard InChI is InChI=1S/C21H36N2O4/c1-21(2,3)27-20(25)22-18(14-8-6-5-7-9-14)19(24)23-16-11-10-15(12-16)17(23)13-26-4/h14-18H,5-13H2,1-4H3,(H,22,25)/t15-,16+,17?,18-/m0/s1. The molecule has 0 aromatic rings. The fourth-order valence-corrected chi connectivity index (χ4v) is 5.27. The number of methoxy groups -OCH3 is 1. The number of amides is 2. The Morgan fingerprint density at radius 2 is 1.81 bits per heavy atom. The molecule has 2 amide bonds. The van der Waals surface area contributed by atoms with E-state index in [2.05, 4.69) is 5.32 Å². The zero-order chi connectivity index (χ0) is 19.6. The van der Waals surface area contributed by atoms with Crippen molar-refractivity contribution < 1.29 is 19.1 Å². The third-order valence-electron chi connectivity index (χ3n) is 6.39. The Morgan fingerprint density at radius 1 is 1.11 bits per heavy atom. The molecule has 6 heteroatoms. The number of likely N-dealkylation sites (tertiary alicyclic amines) is 1. The lowest BCUT2D eigenvalue weighted by atomic mass is 9.83. The van der Waals surface area contributed by atoms with Crippen molar-refractivity contribution in [1.82, 2.24) is 10.2 Å². The Morgan fingerprint density at radius 3 is 2.44 bits per heavy atom. The van der Waals surface area contributed by atoms with E-state index in [4.69, 9.17) is 9.47 Å². The Hall–Kier alpha value is -1.30. The number of carbonyl (C=O) groups is 2. The number of hydrogen-bond donors (Lipinski definition) is 1. The third kappa shape index (κ3) is 4.76. The molecule has 3 fully saturated rings. The molecule has 2 saturated carbocycles. The molecular formula is C21H36N2O4. The molecule has 1 unspecified atom stereocenters. The summed E-state index contributed by atoms with van der Waals surface area (Å²) >= 11 is 0. The van der Waals surface area contributed by atoms with Crippen LogP contribution in [-0.2, 0) is 14.3 Å². The van der Waals surface area contributed by atoms with E-state index in [0.29, 0.717) is 18.6 Å². The topological polar surface area (TPSA) is 67.9 Å². The maximum absolute atomic E-state index is 13.6. The van der Waals surface area contributed by atoms with Gasteiger partial charge in [0.25, 0.3) is 0 Å². The zero-order valence-electron chi connectivity index (χ0n) is 17.3. The van der Waals surface area contributed by atoms with Gasteiger partial charge in [0, 0.05) is 13.2 Å². The highest BCUT2D eigenvalue weighted by Crippen LogP contribution is 2.43. The van der Waals surface area contributed by atoms with Gasteiger partial charge in [0.05, 0.1) is 12.6 Å². The summed E-state index contributed by atoms with van der Waals surface area (Å²) in [6.45, 7) is 6.12. The van der Waals surface area contributed by atoms with Gasteiger partial charge in [-0.2, -0.15) is 0 Å². The average molecular weight is 381 g/mol. The molecular weight excluding hydrogens is 344 g/mol. The number of alkyl carbamates (subject to hydrolysis) is 1. The molecule has 0 aromatic heterocycles. The van der Waals surface area contributed by atoms with Gasteiger partial charge in [-0.25, -0.2) is 4.79 Å². The van der Waals surface area contributed by atoms with Crippen molar-refractivity contribution in [3.63, 3.8) is 0 Å². The minimum Gasteiger partial charge on any atom is -0.444 e. The highest BCUT2D eigenvalue weighted by atomic mass is 16.6. The first-order valence-electron chi connectivity index (χ1n) is 10.6. The summed E-state index contributed by atoms with van der Waals surface area (Å²) in [4.78, 5) is 28.1. The number of nitrogens with one attached hydrogen (secondary N) is 1. The highest BCUT2D eigenvalue weighted by molar-refractivity contribution is 5.87. The van der Waals surface area contributed by atoms with E-state index in [1.165, 1.54) is 12.8 Å². The maximum Gasteiger partial charge on any atom is 0.408 e. The molecule has 4 atom stereocenters. The number of fused-ring (bicyclic) bond motifs is 2. The summed E-state index contributed by atoms with van der Waals surface area (Å²) < 4.78 is 10.9. The van der Waals surface area contributed by atoms with Crippen molar-refractivity contribution in [2.45, 2.75) is 95.9 Å². The van der Waals surface area contributed by atoms with Crippen molar-refractivity contribution in [2.75, 3.05) is 13.7 Å². The molecule has 0 spiro atoms. The first kappa shape index (κ1) is 20.4. The second-order valence-electron chi connectivity index (χ2n) is 9.52. The Bertz CT molecular complexity index is 539. The molecule has 3 aliphatic rings. The van der Waals surface area contributed by atoms with Crippen LogP contribution < -0.4 is 5.32 Å². The van der Waals surface area contributed by atoms with E-state index >= 15 is 0 Å². The van der Waals surface area contributed by atoms with Crippen LogP contribution in [0.25, 0.3) is 0 Å². The summed E-state index contributed by atoms with van der Waals surface area (Å²) in [5, 5.41) is 2.95. The molecule has 1 heterocycles. The number of piperidine rings is 1. The molecule has 27 heavy (non-hydrogen) atoms. The van der Waals surface area contributed by atoms with Gasteiger partial charge in [-0.1, -0.05) is 19.3 Å². The molecule has 0 aromatic carbocycles. The molecule has 2 bridgehead atoms. The van der Waals surface area contributed by atoms with Gasteiger partial charge >= 0.3 is 6.09 Å². The first-order chi connectivity index (χ1) is 12.8. The Kier molecular flexibility index (Phi) is 6.34. The molecule has 1 aliphatic heterocycles. The number of nitrogens with zero attached hydrogens (tertiary/aromatic N) is 1. The van der Waals surface area contributed by atoms with Gasteiger partial charge in [0.15, 0.2) is 0 Å². The first-order valence-corrected chi connectivity index (χ1v) is 10.6. The van der Waals surface area contributed by atoms with E-state index in [9.17, 15) is 9.59 Å². The van der Waals surface area contributed by atoms with Crippen molar-refractivity contribution in [1.29, 1.82) is 0 Å². The second-order valence-corrected chi connectivity index (χ2v) is 9.52. The second kappa shape index (κ2) is 8.38. The van der Waals surface area contributed by atoms with E-state index in [1.807, 2.05) is 25.7 Å². The van der Waals surface area contributed by atoms with Crippen LogP contribution >= 0.6 is 0 Å². The van der Waals surface area contributed by atoms with Crippen LogP contribution in [0.3, 0.4) is 0 Å². The van der Waals surface area contributed by atoms with Crippen LogP contribution in [-0.4, -0.2) is 54.3 Å². The largest absolute Gasteiger partial charge is 0.444 e. The van der Waals surface area contributed by atoms with Crippen molar-refractivity contribution >= 4 is 12.0 Å². The predicted octanol–water partition coefficient (Wildman–Crippen LogP) is 3.49. The molecule has 1 saturated heterocycles. The lowest BCUT2D eigenvalue weighted by molar-refractivity contribution is -0.141. The van der Waals surface area contributed by atoms with Gasteiger partial charge in [0.1, 0.15) is 11.6 Å². The number of ether oxygens (including phenoxy) is 2. The van der Waals surface area contributed by atoms with Crippen LogP contribution in [0.2, 0.25) is 0 Å². The number of carbonyl (C=O) groups excluding carboxylic acids is 2. The van der Waals surface area contributed by atoms with Crippen molar-refractivity contribution in [2.24, 2.45) is 11.8 Å². The predicted molar refractivity (Wildman–Crippen MR) is 103 cm³/mol. The maximum atomic E-state index is 13.6. The smallest absolute Gasteiger partial charge is 0.408 e. The van der Waals surface area contributed by atoms with Gasteiger partial charge in [-0.05, 0) is 64.7 Å². The summed E-state index contributed by atoms with van der Waals surface area (Å²) in [5.74, 6) is 0.801. The van der Waals surface area contributed by atoms with Crippen LogP contribution in [0.5, 0.6) is 0 Å². The molecule has 6 nitrogen and oxygen atoms in total. The van der Waals surface area contributed by atoms with Crippen LogP contribution in [0.1, 0.15) is 72.1 Å². The summed E-state index contributed by atoms with van der Waals surface area (Å²) in [5.41, 5.74) is -0.574. The minimum atomic E-state index is -0.574. The van der Waals surface area contributed by atoms with E-state index in [-0.39, 0.29) is 17.9 Å². The van der Waals surface area contributed by atoms with Gasteiger partial charge in [-0.15, -0.1) is 0 Å². The summed E-state index contributed by atoms with van der Waals surface area (Å²) in [7, 11) is 1.70. The van der Waals surface area contributed by atoms with Gasteiger partial charge in [-0.3, -0.25) is 4.79 Å². The van der Waals surface area contributed by atoms with E-state index < -0.39 is 17.7 Å². The summed E-state index contributed by atoms with van der Waals surface area (Å²) in [6, 6.07) is -0.0409. The Labute approximate surface area is 163 Å². The SMILES string of the molecule is COCC1[C@H]2CC[C@H](C2)N1C(=O)[C@@H](NC(=O)OC(C)(C)C)C1CCCCC1. The normalized spacial score (nSPS) is 29.6. The number of rotatable bonds is 5. The molecule has 2 aliphatic carbocycles. The van der Waals surface area contributed by atoms with E-state index in [1.54, 1.807) is 7.11 Å². The van der Waals surface area contributed by atoms with Crippen LogP contribution in [0.15, 0.2) is 0 Å². The highest BCUT2D eigenvalue weighted by Gasteiger charge is 2.50.